The molecule has 4 rings (SSSR count). The van der Waals surface area contributed by atoms with Gasteiger partial charge in [0.15, 0.2) is 9.84 Å². The van der Waals surface area contributed by atoms with Gasteiger partial charge in [-0.3, -0.25) is 4.79 Å². The lowest BCUT2D eigenvalue weighted by Crippen LogP contribution is -2.43. The van der Waals surface area contributed by atoms with Crippen molar-refractivity contribution in [1.29, 1.82) is 0 Å². The van der Waals surface area contributed by atoms with Crippen LogP contribution < -0.4 is 10.2 Å². The summed E-state index contributed by atoms with van der Waals surface area (Å²) in [4.78, 5) is 17.7. The molecule has 1 fully saturated rings. The third kappa shape index (κ3) is 7.42. The lowest BCUT2D eigenvalue weighted by molar-refractivity contribution is -0.126. The predicted molar refractivity (Wildman–Crippen MR) is 144 cm³/mol. The van der Waals surface area contributed by atoms with Gasteiger partial charge in [-0.15, -0.1) is 0 Å². The molecule has 3 aromatic rings. The van der Waals surface area contributed by atoms with Gasteiger partial charge >= 0.3 is 0 Å². The van der Waals surface area contributed by atoms with Crippen LogP contribution in [0.5, 0.6) is 0 Å². The van der Waals surface area contributed by atoms with Gasteiger partial charge < -0.3 is 15.1 Å². The van der Waals surface area contributed by atoms with Crippen molar-refractivity contribution < 1.29 is 13.2 Å². The van der Waals surface area contributed by atoms with Crippen LogP contribution in [-0.4, -0.2) is 51.7 Å². The zero-order valence-corrected chi connectivity index (χ0v) is 21.7. The van der Waals surface area contributed by atoms with Gasteiger partial charge in [0.1, 0.15) is 0 Å². The van der Waals surface area contributed by atoms with Crippen LogP contribution in [0, 0.1) is 5.92 Å². The number of piperidine rings is 1. The summed E-state index contributed by atoms with van der Waals surface area (Å²) in [6.45, 7) is 4.83. The molecule has 1 aliphatic heterocycles. The molecule has 0 aliphatic carbocycles. The Morgan fingerprint density at radius 2 is 1.47 bits per heavy atom. The molecular formula is C29H35N3O3S. The number of rotatable bonds is 10. The molecule has 0 atom stereocenters. The fourth-order valence-corrected chi connectivity index (χ4v) is 5.25. The highest BCUT2D eigenvalue weighted by molar-refractivity contribution is 7.90. The van der Waals surface area contributed by atoms with E-state index in [4.69, 9.17) is 0 Å². The number of hydrogen-bond acceptors (Lipinski definition) is 5. The number of anilines is 1. The first-order valence-electron chi connectivity index (χ1n) is 12.5. The monoisotopic (exact) mass is 505 g/mol. The highest BCUT2D eigenvalue weighted by Crippen LogP contribution is 2.22. The molecule has 190 valence electrons. The van der Waals surface area contributed by atoms with Crippen molar-refractivity contribution in [2.45, 2.75) is 30.8 Å². The molecule has 0 saturated carbocycles. The number of likely N-dealkylation sites (tertiary alicyclic amines) is 1. The summed E-state index contributed by atoms with van der Waals surface area (Å²) >= 11 is 0. The molecule has 0 unspecified atom stereocenters. The topological polar surface area (TPSA) is 69.7 Å². The third-order valence-corrected chi connectivity index (χ3v) is 7.93. The van der Waals surface area contributed by atoms with Gasteiger partial charge in [-0.05, 0) is 61.3 Å². The maximum atomic E-state index is 12.6. The van der Waals surface area contributed by atoms with E-state index in [2.05, 4.69) is 27.2 Å². The van der Waals surface area contributed by atoms with Crippen molar-refractivity contribution in [3.05, 3.63) is 96.1 Å². The molecule has 1 amide bonds. The van der Waals surface area contributed by atoms with E-state index in [1.807, 2.05) is 60.7 Å². The average Bonchev–Trinajstić information content (AvgIpc) is 2.91. The van der Waals surface area contributed by atoms with Crippen molar-refractivity contribution in [3.8, 4) is 0 Å². The van der Waals surface area contributed by atoms with Crippen LogP contribution in [0.25, 0.3) is 0 Å². The van der Waals surface area contributed by atoms with Gasteiger partial charge in [0, 0.05) is 44.0 Å². The van der Waals surface area contributed by atoms with Crippen LogP contribution in [0.3, 0.4) is 0 Å². The Morgan fingerprint density at radius 3 is 2.06 bits per heavy atom. The lowest BCUT2D eigenvalue weighted by Gasteiger charge is -2.34. The van der Waals surface area contributed by atoms with E-state index in [9.17, 15) is 13.2 Å². The quantitative estimate of drug-likeness (QED) is 0.449. The maximum absolute atomic E-state index is 12.6. The van der Waals surface area contributed by atoms with E-state index in [0.29, 0.717) is 11.4 Å². The SMILES string of the molecule is CS(=O)(=O)c1ccc(N(CCN2CCC(C(=O)NCc3ccccc3)CC2)Cc2ccccc2)cc1. The Bertz CT molecular complexity index is 1210. The first kappa shape index (κ1) is 25.9. The number of benzene rings is 3. The number of carbonyl (C=O) groups is 1. The summed E-state index contributed by atoms with van der Waals surface area (Å²) < 4.78 is 23.8. The van der Waals surface area contributed by atoms with Gasteiger partial charge in [-0.25, -0.2) is 8.42 Å². The van der Waals surface area contributed by atoms with Gasteiger partial charge in [0.25, 0.3) is 0 Å². The fraction of sp³-hybridized carbons (Fsp3) is 0.345. The first-order valence-corrected chi connectivity index (χ1v) is 14.4. The third-order valence-electron chi connectivity index (χ3n) is 6.80. The average molecular weight is 506 g/mol. The van der Waals surface area contributed by atoms with Gasteiger partial charge in [0.2, 0.25) is 5.91 Å². The minimum Gasteiger partial charge on any atom is -0.366 e. The maximum Gasteiger partial charge on any atom is 0.223 e. The van der Waals surface area contributed by atoms with Crippen LogP contribution in [0.2, 0.25) is 0 Å². The van der Waals surface area contributed by atoms with Crippen LogP contribution in [-0.2, 0) is 27.7 Å². The Hall–Kier alpha value is -3.16. The molecular weight excluding hydrogens is 470 g/mol. The lowest BCUT2D eigenvalue weighted by atomic mass is 9.96. The largest absolute Gasteiger partial charge is 0.366 e. The Morgan fingerprint density at radius 1 is 0.889 bits per heavy atom. The molecule has 6 nitrogen and oxygen atoms in total. The number of sulfone groups is 1. The summed E-state index contributed by atoms with van der Waals surface area (Å²) in [7, 11) is -3.23. The molecule has 0 aromatic heterocycles. The second-order valence-corrected chi connectivity index (χ2v) is 11.5. The molecule has 1 heterocycles. The zero-order chi connectivity index (χ0) is 25.4. The summed E-state index contributed by atoms with van der Waals surface area (Å²) in [5.41, 5.74) is 3.33. The zero-order valence-electron chi connectivity index (χ0n) is 20.8. The van der Waals surface area contributed by atoms with Crippen molar-refractivity contribution in [2.24, 2.45) is 5.92 Å². The van der Waals surface area contributed by atoms with Gasteiger partial charge in [-0.1, -0.05) is 60.7 Å². The predicted octanol–water partition coefficient (Wildman–Crippen LogP) is 4.13. The Balaban J connectivity index is 1.31. The fourth-order valence-electron chi connectivity index (χ4n) is 4.62. The molecule has 36 heavy (non-hydrogen) atoms. The van der Waals surface area contributed by atoms with Crippen LogP contribution in [0.4, 0.5) is 5.69 Å². The standard InChI is InChI=1S/C29H35N3O3S/c1-36(34,35)28-14-12-27(13-15-28)32(23-25-10-6-3-7-11-25)21-20-31-18-16-26(17-19-31)29(33)30-22-24-8-4-2-5-9-24/h2-15,26H,16-23H2,1H3,(H,30,33). The molecule has 3 aromatic carbocycles. The molecule has 1 saturated heterocycles. The number of nitrogens with zero attached hydrogens (tertiary/aromatic N) is 2. The van der Waals surface area contributed by atoms with Crippen LogP contribution in [0.1, 0.15) is 24.0 Å². The number of carbonyl (C=O) groups excluding carboxylic acids is 1. The minimum absolute atomic E-state index is 0.0638. The molecule has 1 aliphatic rings. The summed E-state index contributed by atoms with van der Waals surface area (Å²) in [5, 5.41) is 3.09. The number of hydrogen-bond donors (Lipinski definition) is 1. The van der Waals surface area contributed by atoms with E-state index in [1.54, 1.807) is 12.1 Å². The van der Waals surface area contributed by atoms with Gasteiger partial charge in [-0.2, -0.15) is 0 Å². The normalized spacial score (nSPS) is 14.9. The van der Waals surface area contributed by atoms with Crippen molar-refractivity contribution in [1.82, 2.24) is 10.2 Å². The molecule has 7 heteroatoms. The highest BCUT2D eigenvalue weighted by atomic mass is 32.2. The molecule has 0 radical (unpaired) electrons. The van der Waals surface area contributed by atoms with Gasteiger partial charge in [0.05, 0.1) is 4.90 Å². The summed E-state index contributed by atoms with van der Waals surface area (Å²) in [6, 6.07) is 27.5. The van der Waals surface area contributed by atoms with E-state index in [0.717, 1.165) is 56.8 Å². The smallest absolute Gasteiger partial charge is 0.223 e. The van der Waals surface area contributed by atoms with E-state index < -0.39 is 9.84 Å². The molecule has 0 spiro atoms. The second kappa shape index (κ2) is 12.2. The number of nitrogens with one attached hydrogen (secondary N) is 1. The van der Waals surface area contributed by atoms with Crippen molar-refractivity contribution in [2.75, 3.05) is 37.3 Å². The second-order valence-electron chi connectivity index (χ2n) is 9.49. The van der Waals surface area contributed by atoms with Crippen LogP contribution >= 0.6 is 0 Å². The molecule has 0 bridgehead atoms. The minimum atomic E-state index is -3.23. The van der Waals surface area contributed by atoms with E-state index in [1.165, 1.54) is 11.8 Å². The summed E-state index contributed by atoms with van der Waals surface area (Å²) in [6.07, 6.45) is 2.96. The van der Waals surface area contributed by atoms with E-state index in [-0.39, 0.29) is 11.8 Å². The summed E-state index contributed by atoms with van der Waals surface area (Å²) in [5.74, 6) is 0.212. The van der Waals surface area contributed by atoms with Crippen LogP contribution in [0.15, 0.2) is 89.8 Å². The van der Waals surface area contributed by atoms with E-state index >= 15 is 0 Å². The Labute approximate surface area is 214 Å². The first-order chi connectivity index (χ1) is 17.4. The molecule has 1 N–H and O–H groups in total. The number of amides is 1. The Kier molecular flexibility index (Phi) is 8.78. The van der Waals surface area contributed by atoms with Crippen molar-refractivity contribution in [3.63, 3.8) is 0 Å². The highest BCUT2D eigenvalue weighted by Gasteiger charge is 2.25. The van der Waals surface area contributed by atoms with Crippen molar-refractivity contribution >= 4 is 21.4 Å².